The van der Waals surface area contributed by atoms with Crippen LogP contribution in [0.15, 0.2) is 41.0 Å². The van der Waals surface area contributed by atoms with Crippen molar-refractivity contribution in [3.8, 4) is 0 Å². The maximum Gasteiger partial charge on any atom is 0.241 e. The van der Waals surface area contributed by atoms with Crippen molar-refractivity contribution in [1.29, 1.82) is 0 Å². The molecular weight excluding hydrogens is 276 g/mol. The molecule has 0 spiro atoms. The van der Waals surface area contributed by atoms with Gasteiger partial charge >= 0.3 is 0 Å². The van der Waals surface area contributed by atoms with Crippen LogP contribution in [0.25, 0.3) is 0 Å². The monoisotopic (exact) mass is 298 g/mol. The molecule has 2 aromatic rings. The number of anilines is 1. The first-order valence-corrected chi connectivity index (χ1v) is 7.79. The Balaban J connectivity index is 1.61. The molecule has 4 heteroatoms. The molecule has 0 bridgehead atoms. The van der Waals surface area contributed by atoms with Crippen LogP contribution in [0.3, 0.4) is 0 Å². The highest BCUT2D eigenvalue weighted by Gasteiger charge is 2.20. The molecule has 1 aromatic carbocycles. The molecule has 116 valence electrons. The van der Waals surface area contributed by atoms with Gasteiger partial charge in [0.1, 0.15) is 5.76 Å². The minimum atomic E-state index is -0.224. The zero-order valence-electron chi connectivity index (χ0n) is 13.1. The fourth-order valence-corrected chi connectivity index (χ4v) is 2.88. The minimum Gasteiger partial charge on any atom is -0.468 e. The molecule has 0 fully saturated rings. The summed E-state index contributed by atoms with van der Waals surface area (Å²) < 4.78 is 5.33. The number of fused-ring (bicyclic) bond motifs is 1. The van der Waals surface area contributed by atoms with Crippen molar-refractivity contribution in [2.24, 2.45) is 0 Å². The van der Waals surface area contributed by atoms with Gasteiger partial charge in [-0.2, -0.15) is 0 Å². The maximum atomic E-state index is 12.4. The summed E-state index contributed by atoms with van der Waals surface area (Å²) in [5.74, 6) is 0.867. The Bertz CT molecular complexity index is 649. The number of likely N-dealkylation sites (N-methyl/N-ethyl adjacent to an activating group) is 1. The molecule has 0 aliphatic heterocycles. The quantitative estimate of drug-likeness (QED) is 0.922. The normalized spacial score (nSPS) is 14.9. The van der Waals surface area contributed by atoms with Crippen LogP contribution in [0.5, 0.6) is 0 Å². The number of hydrogen-bond donors (Lipinski definition) is 1. The van der Waals surface area contributed by atoms with Crippen LogP contribution in [-0.2, 0) is 24.2 Å². The van der Waals surface area contributed by atoms with E-state index in [0.29, 0.717) is 6.54 Å². The Labute approximate surface area is 131 Å². The molecule has 1 unspecified atom stereocenters. The lowest BCUT2D eigenvalue weighted by molar-refractivity contribution is -0.120. The van der Waals surface area contributed by atoms with Crippen LogP contribution < -0.4 is 5.32 Å². The average molecular weight is 298 g/mol. The van der Waals surface area contributed by atoms with Gasteiger partial charge in [0.25, 0.3) is 0 Å². The van der Waals surface area contributed by atoms with Crippen molar-refractivity contribution in [3.63, 3.8) is 0 Å². The van der Waals surface area contributed by atoms with E-state index in [4.69, 9.17) is 4.42 Å². The number of carbonyl (C=O) groups excluding carboxylic acids is 1. The highest BCUT2D eigenvalue weighted by Crippen LogP contribution is 2.25. The first-order chi connectivity index (χ1) is 10.6. The van der Waals surface area contributed by atoms with E-state index in [9.17, 15) is 4.79 Å². The van der Waals surface area contributed by atoms with Crippen LogP contribution in [0.4, 0.5) is 5.69 Å². The lowest BCUT2D eigenvalue weighted by Crippen LogP contribution is -2.39. The molecule has 1 atom stereocenters. The van der Waals surface area contributed by atoms with Gasteiger partial charge in [-0.05, 0) is 68.6 Å². The van der Waals surface area contributed by atoms with Crippen LogP contribution in [-0.4, -0.2) is 23.9 Å². The van der Waals surface area contributed by atoms with Crippen LogP contribution >= 0.6 is 0 Å². The third-order valence-corrected chi connectivity index (χ3v) is 4.39. The standard InChI is InChI=1S/C18H22N2O2/c1-13(20(2)12-17-7-4-10-22-17)18(21)19-16-9-8-14-5-3-6-15(14)11-16/h4,7-11,13H,3,5-6,12H2,1-2H3,(H,19,21). The smallest absolute Gasteiger partial charge is 0.241 e. The summed E-state index contributed by atoms with van der Waals surface area (Å²) in [4.78, 5) is 14.4. The van der Waals surface area contributed by atoms with E-state index in [1.54, 1.807) is 6.26 Å². The molecule has 3 rings (SSSR count). The Morgan fingerprint density at radius 1 is 1.32 bits per heavy atom. The molecule has 4 nitrogen and oxygen atoms in total. The fraction of sp³-hybridized carbons (Fsp3) is 0.389. The van der Waals surface area contributed by atoms with Crippen molar-refractivity contribution in [1.82, 2.24) is 4.90 Å². The number of aryl methyl sites for hydroxylation is 2. The van der Waals surface area contributed by atoms with E-state index in [1.165, 1.54) is 17.5 Å². The lowest BCUT2D eigenvalue weighted by Gasteiger charge is -2.23. The molecule has 1 aromatic heterocycles. The number of nitrogens with one attached hydrogen (secondary N) is 1. The number of benzene rings is 1. The second-order valence-corrected chi connectivity index (χ2v) is 6.00. The van der Waals surface area contributed by atoms with E-state index in [1.807, 2.05) is 37.1 Å². The van der Waals surface area contributed by atoms with Crippen LogP contribution in [0.2, 0.25) is 0 Å². The number of carbonyl (C=O) groups is 1. The predicted molar refractivity (Wildman–Crippen MR) is 86.7 cm³/mol. The minimum absolute atomic E-state index is 0.00648. The van der Waals surface area contributed by atoms with Gasteiger partial charge in [-0.15, -0.1) is 0 Å². The second-order valence-electron chi connectivity index (χ2n) is 6.00. The van der Waals surface area contributed by atoms with Gasteiger partial charge in [-0.25, -0.2) is 0 Å². The van der Waals surface area contributed by atoms with Crippen molar-refractivity contribution in [2.75, 3.05) is 12.4 Å². The van der Waals surface area contributed by atoms with Crippen molar-refractivity contribution >= 4 is 11.6 Å². The van der Waals surface area contributed by atoms with Crippen LogP contribution in [0.1, 0.15) is 30.2 Å². The SMILES string of the molecule is CC(C(=O)Nc1ccc2c(c1)CCC2)N(C)Cc1ccco1. The first-order valence-electron chi connectivity index (χ1n) is 7.79. The highest BCUT2D eigenvalue weighted by atomic mass is 16.3. The summed E-state index contributed by atoms with van der Waals surface area (Å²) in [6, 6.07) is 9.80. The first kappa shape index (κ1) is 14.9. The van der Waals surface area contributed by atoms with E-state index in [-0.39, 0.29) is 11.9 Å². The summed E-state index contributed by atoms with van der Waals surface area (Å²) in [6.07, 6.45) is 5.15. The zero-order chi connectivity index (χ0) is 15.5. The van der Waals surface area contributed by atoms with Gasteiger partial charge in [0, 0.05) is 5.69 Å². The molecule has 1 amide bonds. The van der Waals surface area contributed by atoms with Crippen molar-refractivity contribution in [3.05, 3.63) is 53.5 Å². The number of hydrogen-bond acceptors (Lipinski definition) is 3. The molecule has 1 heterocycles. The third kappa shape index (κ3) is 3.22. The largest absolute Gasteiger partial charge is 0.468 e. The van der Waals surface area contributed by atoms with Gasteiger partial charge in [0.15, 0.2) is 0 Å². The summed E-state index contributed by atoms with van der Waals surface area (Å²) in [5.41, 5.74) is 3.68. The predicted octanol–water partition coefficient (Wildman–Crippen LogP) is 3.23. The van der Waals surface area contributed by atoms with E-state index >= 15 is 0 Å². The number of amides is 1. The Hall–Kier alpha value is -2.07. The second kappa shape index (κ2) is 6.36. The Kier molecular flexibility index (Phi) is 4.29. The summed E-state index contributed by atoms with van der Waals surface area (Å²) >= 11 is 0. The van der Waals surface area contributed by atoms with Gasteiger partial charge in [-0.1, -0.05) is 6.07 Å². The summed E-state index contributed by atoms with van der Waals surface area (Å²) in [6.45, 7) is 2.53. The number of furan rings is 1. The topological polar surface area (TPSA) is 45.5 Å². The molecule has 1 N–H and O–H groups in total. The maximum absolute atomic E-state index is 12.4. The highest BCUT2D eigenvalue weighted by molar-refractivity contribution is 5.94. The molecule has 0 radical (unpaired) electrons. The van der Waals surface area contributed by atoms with E-state index in [2.05, 4.69) is 17.4 Å². The van der Waals surface area contributed by atoms with Crippen molar-refractivity contribution < 1.29 is 9.21 Å². The Morgan fingerprint density at radius 3 is 2.91 bits per heavy atom. The van der Waals surface area contributed by atoms with Gasteiger partial charge in [0.2, 0.25) is 5.91 Å². The van der Waals surface area contributed by atoms with Crippen LogP contribution in [0, 0.1) is 0 Å². The third-order valence-electron chi connectivity index (χ3n) is 4.39. The molecular formula is C18H22N2O2. The average Bonchev–Trinajstić information content (AvgIpc) is 3.16. The molecule has 22 heavy (non-hydrogen) atoms. The molecule has 1 aliphatic rings. The van der Waals surface area contributed by atoms with Gasteiger partial charge in [-0.3, -0.25) is 9.69 Å². The zero-order valence-corrected chi connectivity index (χ0v) is 13.1. The van der Waals surface area contributed by atoms with E-state index < -0.39 is 0 Å². The van der Waals surface area contributed by atoms with Gasteiger partial charge < -0.3 is 9.73 Å². The van der Waals surface area contributed by atoms with Gasteiger partial charge in [0.05, 0.1) is 18.8 Å². The molecule has 0 saturated carbocycles. The number of nitrogens with zero attached hydrogens (tertiary/aromatic N) is 1. The molecule has 0 saturated heterocycles. The van der Waals surface area contributed by atoms with E-state index in [0.717, 1.165) is 24.3 Å². The summed E-state index contributed by atoms with van der Waals surface area (Å²) in [5, 5.41) is 3.02. The fourth-order valence-electron chi connectivity index (χ4n) is 2.88. The van der Waals surface area contributed by atoms with Crippen molar-refractivity contribution in [2.45, 2.75) is 38.8 Å². The number of rotatable bonds is 5. The summed E-state index contributed by atoms with van der Waals surface area (Å²) in [7, 11) is 1.93. The molecule has 1 aliphatic carbocycles. The Morgan fingerprint density at radius 2 is 2.14 bits per heavy atom. The lowest BCUT2D eigenvalue weighted by atomic mass is 10.1.